The molecule has 0 spiro atoms. The molecule has 15 heteroatoms. The second kappa shape index (κ2) is 32.7. The smallest absolute Gasteiger partial charge is 0.432 e. The molecular formula is C107H71Au3N12. The molecule has 2 aliphatic heterocycles. The van der Waals surface area contributed by atoms with Gasteiger partial charge in [0.1, 0.15) is 17.3 Å². The molecular weight excluding hydrogens is 2040 g/mol. The Morgan fingerprint density at radius 1 is 0.344 bits per heavy atom. The van der Waals surface area contributed by atoms with E-state index in [1.807, 2.05) is 86.2 Å². The van der Waals surface area contributed by atoms with Crippen molar-refractivity contribution in [2.24, 2.45) is 21.1 Å². The van der Waals surface area contributed by atoms with Crippen molar-refractivity contribution in [1.29, 1.82) is 0 Å². The molecule has 14 aromatic carbocycles. The molecule has 0 atom stereocenters. The van der Waals surface area contributed by atoms with Gasteiger partial charge in [-0.25, -0.2) is 22.1 Å². The summed E-state index contributed by atoms with van der Waals surface area (Å²) in [5, 5.41) is 9.08. The number of rotatable bonds is 9. The average Bonchev–Trinajstić information content (AvgIpc) is 1.51. The third kappa shape index (κ3) is 13.4. The molecule has 0 N–H and O–H groups in total. The van der Waals surface area contributed by atoms with Crippen LogP contribution < -0.4 is 14.7 Å². The minimum atomic E-state index is 0. The zero-order valence-corrected chi connectivity index (χ0v) is 72.9. The molecule has 0 aliphatic carbocycles. The summed E-state index contributed by atoms with van der Waals surface area (Å²) >= 11 is 0. The van der Waals surface area contributed by atoms with Crippen LogP contribution >= 0.6 is 0 Å². The molecule has 592 valence electrons. The normalized spacial score (nSPS) is 12.1. The Hall–Kier alpha value is -13.3. The first kappa shape index (κ1) is 78.5. The van der Waals surface area contributed by atoms with E-state index >= 15 is 0 Å². The van der Waals surface area contributed by atoms with Gasteiger partial charge in [0.25, 0.3) is 0 Å². The third-order valence-electron chi connectivity index (χ3n) is 23.4. The molecule has 0 radical (unpaired) electrons. The monoisotopic (exact) mass is 2110 g/mol. The maximum atomic E-state index is 5.35. The standard InChI is InChI=1S/C36H22N5.C36H26N5.C35H23N2.3Au/c1-38-21-8-15-35(38)39-22-20-24-16-17-25(23-33(24)39)40-30-12-5-4-11-28(30)29-18-19-34(37-36(29)40)41-31-13-6-2-9-26(31)27-10-3-7-14-32(27)41;1-38-22-21-28-26(13-9-17-29(28)38)25-19-20-31-34(23-25)41(32-16-8-7-15-30(32)39(31)2)36-37-35-27(24-11-5-4-6-12-24)14-10-18-33(35)40(36)3;1-3-10-25(11-4-1)31-16-9-15-26-20-22-30(24-32(26)31)37-34-17-8-7-14-28(34)18-19-29-21-23-33(36-35(29)37)27-12-5-2-6-13-27;;;/h2-13,16-22H,1H3;4-11,13-20,22H,1-3H3;1-10,12,14-17,20-23H,18-19H2;;;/q3*-3;3*+3. The molecule has 0 fully saturated rings. The van der Waals surface area contributed by atoms with Crippen LogP contribution in [0.3, 0.4) is 0 Å². The van der Waals surface area contributed by atoms with Gasteiger partial charge in [-0.2, -0.15) is 36.4 Å². The Labute approximate surface area is 753 Å². The first-order valence-corrected chi connectivity index (χ1v) is 39.9. The van der Waals surface area contributed by atoms with Crippen LogP contribution in [-0.2, 0) is 101 Å². The number of aryl methyl sites for hydroxylation is 5. The molecule has 0 saturated carbocycles. The summed E-state index contributed by atoms with van der Waals surface area (Å²) < 4.78 is 12.9. The molecule has 2 aliphatic rings. The Morgan fingerprint density at radius 3 is 1.75 bits per heavy atom. The van der Waals surface area contributed by atoms with Gasteiger partial charge in [0.05, 0.1) is 27.9 Å². The van der Waals surface area contributed by atoms with Crippen LogP contribution in [0.1, 0.15) is 11.1 Å². The summed E-state index contributed by atoms with van der Waals surface area (Å²) in [5.41, 5.74) is 26.4. The molecule has 8 aromatic heterocycles. The van der Waals surface area contributed by atoms with Crippen LogP contribution in [0.4, 0.5) is 45.9 Å². The number of benzene rings is 14. The molecule has 22 aromatic rings. The van der Waals surface area contributed by atoms with E-state index in [0.717, 1.165) is 197 Å². The minimum absolute atomic E-state index is 0. The fraction of sp³-hybridized carbons (Fsp3) is 0.0561. The summed E-state index contributed by atoms with van der Waals surface area (Å²) in [6, 6.07) is 141. The van der Waals surface area contributed by atoms with Gasteiger partial charge in [0.2, 0.25) is 5.95 Å². The number of nitrogens with zero attached hydrogens (tertiary/aromatic N) is 12. The van der Waals surface area contributed by atoms with Crippen molar-refractivity contribution in [3.63, 3.8) is 0 Å². The summed E-state index contributed by atoms with van der Waals surface area (Å²) in [7, 11) is 8.30. The summed E-state index contributed by atoms with van der Waals surface area (Å²) in [4.78, 5) is 22.7. The van der Waals surface area contributed by atoms with E-state index < -0.39 is 0 Å². The van der Waals surface area contributed by atoms with Gasteiger partial charge >= 0.3 is 67.1 Å². The Bertz CT molecular complexity index is 7670. The van der Waals surface area contributed by atoms with Crippen molar-refractivity contribution < 1.29 is 67.1 Å². The predicted molar refractivity (Wildman–Crippen MR) is 484 cm³/mol. The molecule has 0 saturated heterocycles. The maximum absolute atomic E-state index is 5.35. The molecule has 0 unspecified atom stereocenters. The van der Waals surface area contributed by atoms with Gasteiger partial charge in [-0.05, 0) is 121 Å². The van der Waals surface area contributed by atoms with E-state index in [4.69, 9.17) is 15.0 Å². The molecule has 12 nitrogen and oxygen atoms in total. The van der Waals surface area contributed by atoms with Gasteiger partial charge in [0.15, 0.2) is 0 Å². The zero-order valence-electron chi connectivity index (χ0n) is 66.4. The number of pyridine rings is 2. The molecule has 0 bridgehead atoms. The Balaban J connectivity index is 0.000000119. The van der Waals surface area contributed by atoms with Gasteiger partial charge in [-0.1, -0.05) is 167 Å². The topological polar surface area (TPSA) is 78.0 Å². The number of imidazole rings is 1. The van der Waals surface area contributed by atoms with Crippen molar-refractivity contribution in [3.8, 4) is 62.0 Å². The van der Waals surface area contributed by atoms with E-state index in [1.54, 1.807) is 0 Å². The van der Waals surface area contributed by atoms with Gasteiger partial charge < -0.3 is 37.2 Å². The van der Waals surface area contributed by atoms with Gasteiger partial charge in [-0.3, -0.25) is 9.88 Å². The van der Waals surface area contributed by atoms with Crippen LogP contribution in [-0.4, -0.2) is 49.4 Å². The van der Waals surface area contributed by atoms with Gasteiger partial charge in [-0.15, -0.1) is 206 Å². The maximum Gasteiger partial charge on any atom is 3.00 e. The van der Waals surface area contributed by atoms with E-state index in [-0.39, 0.29) is 67.1 Å². The minimum Gasteiger partial charge on any atom is -0.432 e. The Morgan fingerprint density at radius 2 is 0.984 bits per heavy atom. The van der Waals surface area contributed by atoms with Crippen molar-refractivity contribution in [3.05, 3.63) is 400 Å². The second-order valence-electron chi connectivity index (χ2n) is 30.2. The summed E-state index contributed by atoms with van der Waals surface area (Å²) in [5.74, 6) is 3.62. The molecule has 0 amide bonds. The van der Waals surface area contributed by atoms with E-state index in [0.29, 0.717) is 0 Å². The van der Waals surface area contributed by atoms with Crippen LogP contribution in [0.25, 0.3) is 149 Å². The van der Waals surface area contributed by atoms with E-state index in [9.17, 15) is 0 Å². The number of hydrogen-bond donors (Lipinski definition) is 0. The van der Waals surface area contributed by atoms with E-state index in [2.05, 4.69) is 373 Å². The first-order chi connectivity index (χ1) is 58.7. The van der Waals surface area contributed by atoms with Crippen LogP contribution in [0, 0.1) is 54.6 Å². The van der Waals surface area contributed by atoms with Crippen molar-refractivity contribution >= 4 is 133 Å². The number of aromatic nitrogens is 9. The number of para-hydroxylation sites is 7. The second-order valence-corrected chi connectivity index (χ2v) is 30.2. The average molecular weight is 2120 g/mol. The summed E-state index contributed by atoms with van der Waals surface area (Å²) in [6.45, 7) is 0. The molecule has 10 heterocycles. The number of anilines is 8. The van der Waals surface area contributed by atoms with Crippen LogP contribution in [0.2, 0.25) is 0 Å². The fourth-order valence-electron chi connectivity index (χ4n) is 17.6. The molecule has 24 rings (SSSR count). The first-order valence-electron chi connectivity index (χ1n) is 39.9. The SMILES string of the molecule is CN1c2ccc(-c3cccc4c3[c-]cn4C)[c-]c2N(c2nc3c(-c4[c-]cccc4)cccc3n2C)c2ccccc21.Cn1cc[c-]c1-n1ccc2ccc(-n3c4ccccc4c4ccc(-n5c6[c-]cccc6c6ccccc65)nc43)[c-]c21.[Au+3].[Au+3].[Au+3].[c-]1ccccc1-c1ccc2c(n1)N(c1[c-]c3c(-c4[c-]cccc4)cccc3cc1)c1ccccc1CC2. The molecule has 122 heavy (non-hydrogen) atoms. The largest absolute Gasteiger partial charge is 3.00 e. The Kier molecular flexibility index (Phi) is 21.0. The van der Waals surface area contributed by atoms with E-state index in [1.165, 1.54) is 21.9 Å². The van der Waals surface area contributed by atoms with Crippen LogP contribution in [0.15, 0.2) is 334 Å². The quantitative estimate of drug-likeness (QED) is 0.106. The fourth-order valence-corrected chi connectivity index (χ4v) is 17.6. The number of hydrogen-bond acceptors (Lipinski definition) is 6. The van der Waals surface area contributed by atoms with Crippen molar-refractivity contribution in [2.75, 3.05) is 21.7 Å². The van der Waals surface area contributed by atoms with Crippen molar-refractivity contribution in [1.82, 2.24) is 42.4 Å². The van der Waals surface area contributed by atoms with Crippen LogP contribution in [0.5, 0.6) is 0 Å². The number of fused-ring (bicyclic) bond motifs is 14. The van der Waals surface area contributed by atoms with Crippen molar-refractivity contribution in [2.45, 2.75) is 12.8 Å². The predicted octanol–water partition coefficient (Wildman–Crippen LogP) is 24.8. The van der Waals surface area contributed by atoms with Gasteiger partial charge in [0, 0.05) is 41.9 Å². The zero-order chi connectivity index (χ0) is 79.3. The summed E-state index contributed by atoms with van der Waals surface area (Å²) in [6.07, 6.45) is 7.99. The third-order valence-corrected chi connectivity index (χ3v) is 23.4.